The summed E-state index contributed by atoms with van der Waals surface area (Å²) in [6, 6.07) is 12.6. The largest absolute Gasteiger partial charge is 0.325 e. The van der Waals surface area contributed by atoms with Crippen molar-refractivity contribution in [1.29, 1.82) is 0 Å². The highest BCUT2D eigenvalue weighted by atomic mass is 35.5. The second-order valence-electron chi connectivity index (χ2n) is 6.32. The van der Waals surface area contributed by atoms with Crippen molar-refractivity contribution in [3.05, 3.63) is 59.4 Å². The molecule has 1 fully saturated rings. The van der Waals surface area contributed by atoms with Gasteiger partial charge in [-0.25, -0.2) is 12.8 Å². The molecule has 1 heterocycles. The molecule has 144 valence electrons. The molecule has 0 spiro atoms. The highest BCUT2D eigenvalue weighted by Gasteiger charge is 2.31. The van der Waals surface area contributed by atoms with Gasteiger partial charge in [0, 0.05) is 5.69 Å². The topological polar surface area (TPSA) is 70.9 Å². The first-order valence-corrected chi connectivity index (χ1v) is 10.3. The molecule has 1 aliphatic heterocycles. The molecule has 0 aromatic heterocycles. The van der Waals surface area contributed by atoms with Crippen molar-refractivity contribution in [3.63, 3.8) is 0 Å². The van der Waals surface area contributed by atoms with E-state index in [2.05, 4.69) is 5.32 Å². The molecule has 0 unspecified atom stereocenters. The van der Waals surface area contributed by atoms with E-state index >= 15 is 0 Å². The Labute approximate surface area is 162 Å². The minimum atomic E-state index is -3.73. The molecule has 9 heteroatoms. The summed E-state index contributed by atoms with van der Waals surface area (Å²) < 4.78 is 40.0. The second-order valence-corrected chi connectivity index (χ2v) is 8.67. The Morgan fingerprint density at radius 1 is 1.15 bits per heavy atom. The zero-order chi connectivity index (χ0) is 19.4. The Morgan fingerprint density at radius 2 is 1.81 bits per heavy atom. The van der Waals surface area contributed by atoms with E-state index in [1.165, 1.54) is 10.4 Å². The molecule has 1 saturated heterocycles. The van der Waals surface area contributed by atoms with Gasteiger partial charge in [-0.2, -0.15) is 4.31 Å². The summed E-state index contributed by atoms with van der Waals surface area (Å²) in [6.07, 6.45) is 0. The monoisotopic (exact) mass is 412 g/mol. The van der Waals surface area contributed by atoms with Crippen molar-refractivity contribution < 1.29 is 22.5 Å². The number of nitrogens with one attached hydrogen (secondary N) is 2. The summed E-state index contributed by atoms with van der Waals surface area (Å²) in [5, 5.41) is 2.60. The van der Waals surface area contributed by atoms with Gasteiger partial charge in [-0.05, 0) is 30.3 Å². The van der Waals surface area contributed by atoms with Crippen LogP contribution < -0.4 is 10.2 Å². The third kappa shape index (κ3) is 4.84. The molecule has 27 heavy (non-hydrogen) atoms. The summed E-state index contributed by atoms with van der Waals surface area (Å²) in [5.41, 5.74) is 0.733. The highest BCUT2D eigenvalue weighted by Crippen LogP contribution is 2.22. The SMILES string of the molecule is O=C(C[NH+]1CCN(S(=O)(=O)c2ccc(F)c(Cl)c2)CC1)Nc1ccccc1. The van der Waals surface area contributed by atoms with Crippen LogP contribution in [0.25, 0.3) is 0 Å². The van der Waals surface area contributed by atoms with Crippen LogP contribution in [-0.4, -0.2) is 51.4 Å². The number of piperazine rings is 1. The molecule has 1 aliphatic rings. The molecule has 0 aliphatic carbocycles. The summed E-state index contributed by atoms with van der Waals surface area (Å²) in [6.45, 7) is 1.86. The van der Waals surface area contributed by atoms with E-state index in [1.54, 1.807) is 0 Å². The van der Waals surface area contributed by atoms with Crippen LogP contribution in [-0.2, 0) is 14.8 Å². The van der Waals surface area contributed by atoms with Gasteiger partial charge in [0.25, 0.3) is 5.91 Å². The van der Waals surface area contributed by atoms with E-state index in [4.69, 9.17) is 11.6 Å². The Bertz CT molecular complexity index is 917. The van der Waals surface area contributed by atoms with E-state index in [9.17, 15) is 17.6 Å². The minimum Gasteiger partial charge on any atom is -0.325 e. The lowest BCUT2D eigenvalue weighted by molar-refractivity contribution is -0.895. The molecule has 3 rings (SSSR count). The Kier molecular flexibility index (Phi) is 6.11. The van der Waals surface area contributed by atoms with Crippen molar-refractivity contribution in [2.24, 2.45) is 0 Å². The maximum Gasteiger partial charge on any atom is 0.279 e. The van der Waals surface area contributed by atoms with Crippen molar-refractivity contribution in [2.45, 2.75) is 4.90 Å². The lowest BCUT2D eigenvalue weighted by atomic mass is 10.3. The van der Waals surface area contributed by atoms with Crippen LogP contribution in [0.3, 0.4) is 0 Å². The number of anilines is 1. The first-order chi connectivity index (χ1) is 12.9. The molecular formula is C18H20ClFN3O3S+. The zero-order valence-corrected chi connectivity index (χ0v) is 16.1. The number of rotatable bonds is 5. The number of sulfonamides is 1. The molecule has 0 radical (unpaired) electrons. The van der Waals surface area contributed by atoms with Crippen LogP contribution in [0.5, 0.6) is 0 Å². The number of quaternary nitrogens is 1. The highest BCUT2D eigenvalue weighted by molar-refractivity contribution is 7.89. The molecule has 2 aromatic carbocycles. The van der Waals surface area contributed by atoms with Crippen LogP contribution in [0, 0.1) is 5.82 Å². The quantitative estimate of drug-likeness (QED) is 0.770. The van der Waals surface area contributed by atoms with Gasteiger partial charge in [-0.3, -0.25) is 4.79 Å². The number of hydrogen-bond acceptors (Lipinski definition) is 3. The van der Waals surface area contributed by atoms with Crippen LogP contribution >= 0.6 is 11.6 Å². The van der Waals surface area contributed by atoms with Gasteiger partial charge >= 0.3 is 0 Å². The van der Waals surface area contributed by atoms with Gasteiger partial charge in [-0.1, -0.05) is 29.8 Å². The Balaban J connectivity index is 1.56. The molecule has 6 nitrogen and oxygen atoms in total. The van der Waals surface area contributed by atoms with E-state index in [-0.39, 0.29) is 35.5 Å². The van der Waals surface area contributed by atoms with Gasteiger partial charge in [0.1, 0.15) is 5.82 Å². The number of hydrogen-bond donors (Lipinski definition) is 2. The van der Waals surface area contributed by atoms with Gasteiger partial charge in [0.05, 0.1) is 36.1 Å². The van der Waals surface area contributed by atoms with E-state index in [0.29, 0.717) is 13.1 Å². The average Bonchev–Trinajstić information content (AvgIpc) is 2.65. The van der Waals surface area contributed by atoms with Crippen LogP contribution in [0.1, 0.15) is 0 Å². The number of nitrogens with zero attached hydrogens (tertiary/aromatic N) is 1. The lowest BCUT2D eigenvalue weighted by Gasteiger charge is -2.31. The predicted molar refractivity (Wildman–Crippen MR) is 101 cm³/mol. The normalized spacial score (nSPS) is 16.2. The molecule has 0 bridgehead atoms. The number of halogens is 2. The van der Waals surface area contributed by atoms with Crippen LogP contribution in [0.4, 0.5) is 10.1 Å². The fraction of sp³-hybridized carbons (Fsp3) is 0.278. The summed E-state index contributed by atoms with van der Waals surface area (Å²) in [5.74, 6) is -0.771. The summed E-state index contributed by atoms with van der Waals surface area (Å²) in [7, 11) is -3.73. The van der Waals surface area contributed by atoms with Gasteiger partial charge in [0.15, 0.2) is 6.54 Å². The third-order valence-corrected chi connectivity index (χ3v) is 6.61. The van der Waals surface area contributed by atoms with Crippen molar-refractivity contribution in [3.8, 4) is 0 Å². The predicted octanol–water partition coefficient (Wildman–Crippen LogP) is 1.01. The maximum atomic E-state index is 13.3. The van der Waals surface area contributed by atoms with Crippen molar-refractivity contribution in [1.82, 2.24) is 4.31 Å². The fourth-order valence-electron chi connectivity index (χ4n) is 2.96. The van der Waals surface area contributed by atoms with Gasteiger partial charge in [-0.15, -0.1) is 0 Å². The summed E-state index contributed by atoms with van der Waals surface area (Å²) in [4.78, 5) is 13.1. The van der Waals surface area contributed by atoms with E-state index in [0.717, 1.165) is 22.7 Å². The molecule has 1 amide bonds. The number of carbonyl (C=O) groups is 1. The number of para-hydroxylation sites is 1. The third-order valence-electron chi connectivity index (χ3n) is 4.43. The minimum absolute atomic E-state index is 0.0285. The standard InChI is InChI=1S/C18H19ClFN3O3S/c19-16-12-15(6-7-17(16)20)27(25,26)23-10-8-22(9-11-23)13-18(24)21-14-4-2-1-3-5-14/h1-7,12H,8-11,13H2,(H,21,24)/p+1. The van der Waals surface area contributed by atoms with E-state index < -0.39 is 15.8 Å². The second kappa shape index (κ2) is 8.35. The Hall–Kier alpha value is -2.00. The molecule has 0 atom stereocenters. The number of benzene rings is 2. The maximum absolute atomic E-state index is 13.3. The Morgan fingerprint density at radius 3 is 2.44 bits per heavy atom. The zero-order valence-electron chi connectivity index (χ0n) is 14.5. The van der Waals surface area contributed by atoms with E-state index in [1.807, 2.05) is 30.3 Å². The first-order valence-electron chi connectivity index (χ1n) is 8.50. The molecule has 2 aromatic rings. The first kappa shape index (κ1) is 19.8. The fourth-order valence-corrected chi connectivity index (χ4v) is 4.67. The smallest absolute Gasteiger partial charge is 0.279 e. The lowest BCUT2D eigenvalue weighted by Crippen LogP contribution is -3.15. The van der Waals surface area contributed by atoms with Crippen molar-refractivity contribution >= 4 is 33.2 Å². The average molecular weight is 413 g/mol. The van der Waals surface area contributed by atoms with Crippen LogP contribution in [0.2, 0.25) is 5.02 Å². The number of carbonyl (C=O) groups excluding carboxylic acids is 1. The van der Waals surface area contributed by atoms with Gasteiger partial charge < -0.3 is 10.2 Å². The van der Waals surface area contributed by atoms with Crippen LogP contribution in [0.15, 0.2) is 53.4 Å². The molecular weight excluding hydrogens is 393 g/mol. The molecule has 0 saturated carbocycles. The number of amides is 1. The molecule has 2 N–H and O–H groups in total. The summed E-state index contributed by atoms with van der Waals surface area (Å²) >= 11 is 5.70. The van der Waals surface area contributed by atoms with Gasteiger partial charge in [0.2, 0.25) is 10.0 Å². The van der Waals surface area contributed by atoms with Crippen molar-refractivity contribution in [2.75, 3.05) is 38.0 Å².